The highest BCUT2D eigenvalue weighted by Crippen LogP contribution is 2.58. The number of amides is 1. The molecule has 152 valence electrons. The molecule has 1 saturated heterocycles. The lowest BCUT2D eigenvalue weighted by molar-refractivity contribution is -0.174. The van der Waals surface area contributed by atoms with Crippen LogP contribution in [0.2, 0.25) is 13.1 Å². The highest BCUT2D eigenvalue weighted by atomic mass is 33.1. The minimum atomic E-state index is -1.45. The summed E-state index contributed by atoms with van der Waals surface area (Å²) in [4.78, 5) is 37.7. The Bertz CT molecular complexity index is 689. The molecule has 0 aromatic rings. The van der Waals surface area contributed by atoms with Gasteiger partial charge in [-0.3, -0.25) is 14.5 Å². The fraction of sp³-hybridized carbons (Fsp3) is 0.706. The SMILES string of the molecule is CC(=O)OCC1=C(C(=O)O)N2C(=O)[C@H](C(C)(O[SiH](C)C)C(C)(C)C)[C@H]2SS1. The molecule has 10 heteroatoms. The van der Waals surface area contributed by atoms with E-state index in [4.69, 9.17) is 9.16 Å². The molecule has 1 unspecified atom stereocenters. The molecule has 1 N–H and O–H groups in total. The number of β-lactam (4-membered cyclic amide) rings is 1. The molecular weight excluding hydrogens is 406 g/mol. The molecule has 0 aromatic heterocycles. The number of aliphatic carboxylic acids is 1. The summed E-state index contributed by atoms with van der Waals surface area (Å²) in [6.45, 7) is 13.3. The maximum Gasteiger partial charge on any atom is 0.353 e. The molecule has 0 aromatic carbocycles. The van der Waals surface area contributed by atoms with Crippen LogP contribution in [0.15, 0.2) is 10.6 Å². The summed E-state index contributed by atoms with van der Waals surface area (Å²) in [5.74, 6) is -2.38. The van der Waals surface area contributed by atoms with E-state index in [-0.39, 0.29) is 29.0 Å². The molecule has 2 heterocycles. The van der Waals surface area contributed by atoms with Crippen molar-refractivity contribution in [3.63, 3.8) is 0 Å². The van der Waals surface area contributed by atoms with Crippen LogP contribution >= 0.6 is 21.6 Å². The zero-order valence-electron chi connectivity index (χ0n) is 16.7. The standard InChI is InChI=1S/C17H27NO6S2Si/c1-9(19)23-8-10-12(15(21)22)18-13(20)11(14(18)26-25-10)17(5,16(2,3)4)24-27(6)7/h11,14,27H,8H2,1-7H3,(H,21,22)/t11-,14+,17?/m0/s1. The van der Waals surface area contributed by atoms with E-state index in [1.54, 1.807) is 0 Å². The summed E-state index contributed by atoms with van der Waals surface area (Å²) in [7, 11) is 1.23. The molecule has 1 amide bonds. The smallest absolute Gasteiger partial charge is 0.353 e. The predicted molar refractivity (Wildman–Crippen MR) is 108 cm³/mol. The van der Waals surface area contributed by atoms with E-state index >= 15 is 0 Å². The van der Waals surface area contributed by atoms with Crippen molar-refractivity contribution in [2.75, 3.05) is 6.61 Å². The maximum atomic E-state index is 13.1. The second-order valence-electron chi connectivity index (χ2n) is 8.14. The molecule has 0 aliphatic carbocycles. The van der Waals surface area contributed by atoms with Gasteiger partial charge >= 0.3 is 11.9 Å². The first-order valence-corrected chi connectivity index (χ1v) is 13.7. The topological polar surface area (TPSA) is 93.1 Å². The zero-order valence-corrected chi connectivity index (χ0v) is 19.5. The van der Waals surface area contributed by atoms with E-state index in [9.17, 15) is 19.5 Å². The van der Waals surface area contributed by atoms with Crippen LogP contribution in [0.25, 0.3) is 0 Å². The molecule has 0 bridgehead atoms. The van der Waals surface area contributed by atoms with Crippen LogP contribution in [-0.2, 0) is 23.5 Å². The number of carbonyl (C=O) groups is 3. The van der Waals surface area contributed by atoms with E-state index in [1.165, 1.54) is 33.4 Å². The Kier molecular flexibility index (Phi) is 6.45. The number of carboxylic acids is 1. The minimum absolute atomic E-state index is 0.0932. The van der Waals surface area contributed by atoms with E-state index in [1.807, 2.05) is 27.7 Å². The summed E-state index contributed by atoms with van der Waals surface area (Å²) in [6, 6.07) is 0. The Balaban J connectivity index is 2.38. The minimum Gasteiger partial charge on any atom is -0.477 e. The summed E-state index contributed by atoms with van der Waals surface area (Å²) < 4.78 is 11.3. The predicted octanol–water partition coefficient (Wildman–Crippen LogP) is 2.83. The first-order valence-electron chi connectivity index (χ1n) is 8.75. The number of hydrogen-bond acceptors (Lipinski definition) is 7. The molecular formula is C17H27NO6S2Si. The van der Waals surface area contributed by atoms with Crippen molar-refractivity contribution >= 4 is 48.5 Å². The Morgan fingerprint density at radius 3 is 2.30 bits per heavy atom. The Labute approximate surface area is 169 Å². The molecule has 2 aliphatic heterocycles. The molecule has 1 fully saturated rings. The van der Waals surface area contributed by atoms with Gasteiger partial charge < -0.3 is 14.3 Å². The monoisotopic (exact) mass is 433 g/mol. The third-order valence-electron chi connectivity index (χ3n) is 4.97. The van der Waals surface area contributed by atoms with Crippen molar-refractivity contribution in [1.29, 1.82) is 0 Å². The lowest BCUT2D eigenvalue weighted by atomic mass is 9.66. The van der Waals surface area contributed by atoms with Gasteiger partial charge in [0.2, 0.25) is 5.91 Å². The fourth-order valence-electron chi connectivity index (χ4n) is 3.28. The number of carboxylic acid groups (broad SMARTS) is 1. The number of rotatable bonds is 6. The number of carbonyl (C=O) groups excluding carboxylic acids is 2. The van der Waals surface area contributed by atoms with Gasteiger partial charge in [-0.25, -0.2) is 4.79 Å². The molecule has 3 atom stereocenters. The van der Waals surface area contributed by atoms with Crippen molar-refractivity contribution < 1.29 is 28.7 Å². The molecule has 0 radical (unpaired) electrons. The van der Waals surface area contributed by atoms with Gasteiger partial charge in [-0.15, -0.1) is 0 Å². The fourth-order valence-corrected chi connectivity index (χ4v) is 7.74. The van der Waals surface area contributed by atoms with Crippen LogP contribution in [0.5, 0.6) is 0 Å². The zero-order chi connectivity index (χ0) is 20.7. The normalized spacial score (nSPS) is 25.0. The van der Waals surface area contributed by atoms with Crippen LogP contribution < -0.4 is 0 Å². The summed E-state index contributed by atoms with van der Waals surface area (Å²) >= 11 is 0. The van der Waals surface area contributed by atoms with E-state index in [0.717, 1.165) is 0 Å². The van der Waals surface area contributed by atoms with Crippen molar-refractivity contribution in [2.24, 2.45) is 11.3 Å². The summed E-state index contributed by atoms with van der Waals surface area (Å²) in [5, 5.41) is 9.34. The van der Waals surface area contributed by atoms with Crippen molar-refractivity contribution in [2.45, 2.75) is 58.7 Å². The summed E-state index contributed by atoms with van der Waals surface area (Å²) in [5.41, 5.74) is -1.09. The Morgan fingerprint density at radius 2 is 1.85 bits per heavy atom. The maximum absolute atomic E-state index is 13.1. The largest absolute Gasteiger partial charge is 0.477 e. The average molecular weight is 434 g/mol. The molecule has 0 saturated carbocycles. The van der Waals surface area contributed by atoms with Crippen molar-refractivity contribution in [3.8, 4) is 0 Å². The first-order chi connectivity index (χ1) is 12.3. The van der Waals surface area contributed by atoms with Gasteiger partial charge in [0.1, 0.15) is 17.7 Å². The third kappa shape index (κ3) is 4.08. The average Bonchev–Trinajstić information content (AvgIpc) is 2.49. The third-order valence-corrected chi connectivity index (χ3v) is 8.70. The van der Waals surface area contributed by atoms with Crippen LogP contribution in [-0.4, -0.2) is 54.5 Å². The quantitative estimate of drug-likeness (QED) is 0.296. The Morgan fingerprint density at radius 1 is 1.26 bits per heavy atom. The van der Waals surface area contributed by atoms with Gasteiger partial charge in [0.15, 0.2) is 9.04 Å². The first kappa shape index (κ1) is 22.3. The Hall–Kier alpha value is -0.973. The van der Waals surface area contributed by atoms with Crippen molar-refractivity contribution in [1.82, 2.24) is 4.90 Å². The second kappa shape index (κ2) is 7.80. The number of nitrogens with zero attached hydrogens (tertiary/aromatic N) is 1. The van der Waals surface area contributed by atoms with Gasteiger partial charge in [0.25, 0.3) is 0 Å². The number of fused-ring (bicyclic) bond motifs is 1. The van der Waals surface area contributed by atoms with E-state index in [0.29, 0.717) is 4.91 Å². The molecule has 2 aliphatic rings. The second-order valence-corrected chi connectivity index (χ2v) is 12.9. The highest BCUT2D eigenvalue weighted by molar-refractivity contribution is 8.78. The van der Waals surface area contributed by atoms with Gasteiger partial charge in [-0.05, 0) is 25.4 Å². The van der Waals surface area contributed by atoms with Gasteiger partial charge in [0, 0.05) is 6.92 Å². The lowest BCUT2D eigenvalue weighted by Gasteiger charge is -2.59. The van der Waals surface area contributed by atoms with Crippen LogP contribution in [0, 0.1) is 11.3 Å². The van der Waals surface area contributed by atoms with Gasteiger partial charge in [0.05, 0.1) is 16.4 Å². The lowest BCUT2D eigenvalue weighted by Crippen LogP contribution is -2.71. The molecule has 27 heavy (non-hydrogen) atoms. The van der Waals surface area contributed by atoms with E-state index in [2.05, 4.69) is 13.1 Å². The number of ether oxygens (including phenoxy) is 1. The van der Waals surface area contributed by atoms with Gasteiger partial charge in [-0.1, -0.05) is 42.4 Å². The summed E-state index contributed by atoms with van der Waals surface area (Å²) in [6.07, 6.45) is 0. The molecule has 7 nitrogen and oxygen atoms in total. The van der Waals surface area contributed by atoms with Crippen LogP contribution in [0.4, 0.5) is 0 Å². The van der Waals surface area contributed by atoms with E-state index < -0.39 is 32.5 Å². The van der Waals surface area contributed by atoms with Crippen molar-refractivity contribution in [3.05, 3.63) is 10.6 Å². The number of esters is 1. The highest BCUT2D eigenvalue weighted by Gasteiger charge is 2.64. The van der Waals surface area contributed by atoms with Gasteiger partial charge in [-0.2, -0.15) is 0 Å². The molecule has 0 spiro atoms. The number of hydrogen-bond donors (Lipinski definition) is 1. The van der Waals surface area contributed by atoms with Crippen LogP contribution in [0.3, 0.4) is 0 Å². The van der Waals surface area contributed by atoms with Crippen LogP contribution in [0.1, 0.15) is 34.6 Å². The molecule has 2 rings (SSSR count).